The maximum Gasteiger partial charge on any atom is 0.231 e. The van der Waals surface area contributed by atoms with Crippen molar-refractivity contribution in [1.82, 2.24) is 14.9 Å². The summed E-state index contributed by atoms with van der Waals surface area (Å²) in [6.45, 7) is 9.92. The number of hydrogen-bond acceptors (Lipinski definition) is 4. The van der Waals surface area contributed by atoms with Crippen LogP contribution in [0.4, 0.5) is 0 Å². The van der Waals surface area contributed by atoms with E-state index in [1.807, 2.05) is 24.6 Å². The van der Waals surface area contributed by atoms with E-state index in [9.17, 15) is 10.1 Å². The highest BCUT2D eigenvalue weighted by Gasteiger charge is 2.29. The fourth-order valence-electron chi connectivity index (χ4n) is 2.37. The molecule has 0 spiro atoms. The lowest BCUT2D eigenvalue weighted by molar-refractivity contribution is -0.120. The molecule has 1 N–H and O–H groups in total. The topological polar surface area (TPSA) is 70.7 Å². The first kappa shape index (κ1) is 20.1. The lowest BCUT2D eigenvalue weighted by Crippen LogP contribution is -2.49. The molecule has 0 aliphatic carbocycles. The van der Waals surface area contributed by atoms with Crippen molar-refractivity contribution in [3.8, 4) is 11.8 Å². The number of nitrogens with one attached hydrogen (secondary N) is 1. The van der Waals surface area contributed by atoms with Crippen LogP contribution < -0.4 is 5.32 Å². The molecule has 0 saturated heterocycles. The lowest BCUT2D eigenvalue weighted by atomic mass is 9.90. The standard InChI is InChI=1S/C20H26N4OS/c1-14(2)16-6-8-17(9-7-16)24-11-10-22-19(24)26-12-18(25)23-20(5,13-21)15(3)4/h6-11,14-15H,12H2,1-5H3,(H,23,25). The van der Waals surface area contributed by atoms with Gasteiger partial charge in [0.2, 0.25) is 5.91 Å². The fraction of sp³-hybridized carbons (Fsp3) is 0.450. The Balaban J connectivity index is 2.05. The van der Waals surface area contributed by atoms with E-state index < -0.39 is 5.54 Å². The summed E-state index contributed by atoms with van der Waals surface area (Å²) >= 11 is 1.36. The molecule has 0 saturated carbocycles. The number of thioether (sulfide) groups is 1. The minimum absolute atomic E-state index is 0.0305. The van der Waals surface area contributed by atoms with Crippen LogP contribution in [0.15, 0.2) is 41.8 Å². The van der Waals surface area contributed by atoms with Gasteiger partial charge in [0, 0.05) is 18.1 Å². The van der Waals surface area contributed by atoms with E-state index in [1.54, 1.807) is 13.1 Å². The molecule has 0 radical (unpaired) electrons. The van der Waals surface area contributed by atoms with Gasteiger partial charge in [0.1, 0.15) is 5.54 Å². The molecule has 1 aromatic carbocycles. The van der Waals surface area contributed by atoms with Gasteiger partial charge in [0.25, 0.3) is 0 Å². The third-order valence-electron chi connectivity index (χ3n) is 4.56. The molecule has 1 atom stereocenters. The molecule has 1 unspecified atom stereocenters. The van der Waals surface area contributed by atoms with E-state index in [0.29, 0.717) is 5.92 Å². The monoisotopic (exact) mass is 370 g/mol. The first-order valence-corrected chi connectivity index (χ1v) is 9.74. The zero-order chi connectivity index (χ0) is 19.3. The molecule has 138 valence electrons. The summed E-state index contributed by atoms with van der Waals surface area (Å²) in [7, 11) is 0. The van der Waals surface area contributed by atoms with Gasteiger partial charge in [-0.2, -0.15) is 5.26 Å². The van der Waals surface area contributed by atoms with Gasteiger partial charge in [-0.25, -0.2) is 4.98 Å². The number of nitrogens with zero attached hydrogens (tertiary/aromatic N) is 3. The summed E-state index contributed by atoms with van der Waals surface area (Å²) in [4.78, 5) is 16.6. The Morgan fingerprint density at radius 3 is 2.50 bits per heavy atom. The number of carbonyl (C=O) groups excluding carboxylic acids is 1. The third kappa shape index (κ3) is 4.67. The number of imidazole rings is 1. The second-order valence-corrected chi connectivity index (χ2v) is 8.07. The molecular weight excluding hydrogens is 344 g/mol. The highest BCUT2D eigenvalue weighted by molar-refractivity contribution is 7.99. The number of amides is 1. The first-order chi connectivity index (χ1) is 12.3. The molecule has 2 aromatic rings. The summed E-state index contributed by atoms with van der Waals surface area (Å²) in [5.74, 6) is 0.561. The van der Waals surface area contributed by atoms with E-state index in [4.69, 9.17) is 0 Å². The number of aromatic nitrogens is 2. The molecule has 5 nitrogen and oxygen atoms in total. The normalized spacial score (nSPS) is 13.5. The lowest BCUT2D eigenvalue weighted by Gasteiger charge is -2.27. The molecule has 1 aromatic heterocycles. The average Bonchev–Trinajstić information content (AvgIpc) is 3.08. The van der Waals surface area contributed by atoms with Crippen LogP contribution in [0.5, 0.6) is 0 Å². The number of rotatable bonds is 7. The van der Waals surface area contributed by atoms with Gasteiger partial charge in [-0.15, -0.1) is 0 Å². The van der Waals surface area contributed by atoms with Crippen molar-refractivity contribution in [2.24, 2.45) is 5.92 Å². The van der Waals surface area contributed by atoms with E-state index in [2.05, 4.69) is 54.5 Å². The molecule has 0 aliphatic rings. The van der Waals surface area contributed by atoms with E-state index in [1.165, 1.54) is 17.3 Å². The molecular formula is C20H26N4OS. The first-order valence-electron chi connectivity index (χ1n) is 8.75. The Labute approximate surface area is 159 Å². The van der Waals surface area contributed by atoms with Gasteiger partial charge in [-0.3, -0.25) is 9.36 Å². The molecule has 0 bridgehead atoms. The molecule has 2 rings (SSSR count). The number of hydrogen-bond donors (Lipinski definition) is 1. The van der Waals surface area contributed by atoms with Gasteiger partial charge in [0.15, 0.2) is 5.16 Å². The fourth-order valence-corrected chi connectivity index (χ4v) is 3.14. The van der Waals surface area contributed by atoms with Crippen molar-refractivity contribution >= 4 is 17.7 Å². The van der Waals surface area contributed by atoms with Gasteiger partial charge in [-0.05, 0) is 36.5 Å². The Hall–Kier alpha value is -2.26. The minimum atomic E-state index is -0.861. The summed E-state index contributed by atoms with van der Waals surface area (Å²) < 4.78 is 1.97. The smallest absolute Gasteiger partial charge is 0.231 e. The SMILES string of the molecule is CC(C)c1ccc(-n2ccnc2SCC(=O)NC(C)(C#N)C(C)C)cc1. The highest BCUT2D eigenvalue weighted by Crippen LogP contribution is 2.23. The van der Waals surface area contributed by atoms with Crippen LogP contribution in [0.25, 0.3) is 5.69 Å². The largest absolute Gasteiger partial charge is 0.337 e. The molecule has 1 amide bonds. The summed E-state index contributed by atoms with van der Waals surface area (Å²) in [6, 6.07) is 10.5. The van der Waals surface area contributed by atoms with Crippen LogP contribution >= 0.6 is 11.8 Å². The Morgan fingerprint density at radius 1 is 1.31 bits per heavy atom. The third-order valence-corrected chi connectivity index (χ3v) is 5.53. The Morgan fingerprint density at radius 2 is 1.96 bits per heavy atom. The van der Waals surface area contributed by atoms with Crippen molar-refractivity contribution in [1.29, 1.82) is 5.26 Å². The quantitative estimate of drug-likeness (QED) is 0.744. The molecule has 26 heavy (non-hydrogen) atoms. The van der Waals surface area contributed by atoms with Crippen LogP contribution in [0.3, 0.4) is 0 Å². The second-order valence-electron chi connectivity index (χ2n) is 7.13. The van der Waals surface area contributed by atoms with Crippen LogP contribution in [0.2, 0.25) is 0 Å². The van der Waals surface area contributed by atoms with Crippen LogP contribution in [0, 0.1) is 17.2 Å². The van der Waals surface area contributed by atoms with Gasteiger partial charge >= 0.3 is 0 Å². The highest BCUT2D eigenvalue weighted by atomic mass is 32.2. The average molecular weight is 371 g/mol. The van der Waals surface area contributed by atoms with E-state index >= 15 is 0 Å². The van der Waals surface area contributed by atoms with Crippen molar-refractivity contribution < 1.29 is 4.79 Å². The summed E-state index contributed by atoms with van der Waals surface area (Å²) in [6.07, 6.45) is 3.61. The summed E-state index contributed by atoms with van der Waals surface area (Å²) in [5.41, 5.74) is 1.44. The van der Waals surface area contributed by atoms with Crippen molar-refractivity contribution in [2.45, 2.75) is 51.2 Å². The Kier molecular flexibility index (Phi) is 6.49. The van der Waals surface area contributed by atoms with E-state index in [0.717, 1.165) is 10.8 Å². The van der Waals surface area contributed by atoms with E-state index in [-0.39, 0.29) is 17.6 Å². The molecule has 0 aliphatic heterocycles. The van der Waals surface area contributed by atoms with Crippen LogP contribution in [-0.2, 0) is 4.79 Å². The zero-order valence-electron chi connectivity index (χ0n) is 16.0. The summed E-state index contributed by atoms with van der Waals surface area (Å²) in [5, 5.41) is 12.9. The van der Waals surface area contributed by atoms with Crippen molar-refractivity contribution in [3.05, 3.63) is 42.2 Å². The van der Waals surface area contributed by atoms with Crippen molar-refractivity contribution in [2.75, 3.05) is 5.75 Å². The number of benzene rings is 1. The van der Waals surface area contributed by atoms with Crippen molar-refractivity contribution in [3.63, 3.8) is 0 Å². The molecule has 0 fully saturated rings. The van der Waals surface area contributed by atoms with Crippen LogP contribution in [-0.4, -0.2) is 26.8 Å². The molecule has 1 heterocycles. The predicted molar refractivity (Wildman–Crippen MR) is 105 cm³/mol. The minimum Gasteiger partial charge on any atom is -0.337 e. The van der Waals surface area contributed by atoms with Gasteiger partial charge in [0.05, 0.1) is 11.8 Å². The number of carbonyl (C=O) groups is 1. The van der Waals surface area contributed by atoms with Gasteiger partial charge in [-0.1, -0.05) is 51.6 Å². The Bertz CT molecular complexity index is 789. The maximum absolute atomic E-state index is 12.3. The van der Waals surface area contributed by atoms with Gasteiger partial charge < -0.3 is 5.32 Å². The number of nitriles is 1. The second kappa shape index (κ2) is 8.41. The predicted octanol–water partition coefficient (Wildman–Crippen LogP) is 4.14. The van der Waals surface area contributed by atoms with Crippen LogP contribution in [0.1, 0.15) is 46.1 Å². The maximum atomic E-state index is 12.3. The molecule has 6 heteroatoms. The zero-order valence-corrected chi connectivity index (χ0v) is 16.8.